The van der Waals surface area contributed by atoms with E-state index >= 15 is 0 Å². The van der Waals surface area contributed by atoms with Crippen molar-refractivity contribution < 1.29 is 4.79 Å². The molecular weight excluding hydrogens is 236 g/mol. The van der Waals surface area contributed by atoms with Crippen LogP contribution in [0.4, 0.5) is 0 Å². The number of rotatable bonds is 7. The molecule has 1 aliphatic rings. The van der Waals surface area contributed by atoms with Crippen molar-refractivity contribution in [3.63, 3.8) is 0 Å². The second-order valence-corrected chi connectivity index (χ2v) is 7.19. The summed E-state index contributed by atoms with van der Waals surface area (Å²) >= 11 is 0. The van der Waals surface area contributed by atoms with Crippen LogP contribution in [0.15, 0.2) is 0 Å². The minimum absolute atomic E-state index is 0.0235. The number of nitrogens with two attached hydrogens (primary N) is 1. The number of hydrogen-bond acceptors (Lipinski definition) is 2. The lowest BCUT2D eigenvalue weighted by atomic mass is 9.78. The topological polar surface area (TPSA) is 55.1 Å². The highest BCUT2D eigenvalue weighted by Gasteiger charge is 2.34. The molecule has 0 aromatic rings. The summed E-state index contributed by atoms with van der Waals surface area (Å²) in [6.45, 7) is 9.52. The third-order valence-electron chi connectivity index (χ3n) is 4.44. The van der Waals surface area contributed by atoms with Gasteiger partial charge < -0.3 is 11.1 Å². The third kappa shape index (κ3) is 5.52. The average Bonchev–Trinajstić information content (AvgIpc) is 2.74. The van der Waals surface area contributed by atoms with Gasteiger partial charge in [-0.1, -0.05) is 40.5 Å². The molecule has 0 spiro atoms. The highest BCUT2D eigenvalue weighted by molar-refractivity contribution is 5.76. The van der Waals surface area contributed by atoms with Gasteiger partial charge in [0, 0.05) is 19.0 Å². The summed E-state index contributed by atoms with van der Waals surface area (Å²) in [5.41, 5.74) is 6.31. The van der Waals surface area contributed by atoms with Gasteiger partial charge in [0.05, 0.1) is 0 Å². The molecule has 0 aromatic carbocycles. The Morgan fingerprint density at radius 1 is 1.21 bits per heavy atom. The maximum atomic E-state index is 12.0. The molecule has 1 unspecified atom stereocenters. The van der Waals surface area contributed by atoms with Crippen LogP contribution in [0, 0.1) is 17.3 Å². The van der Waals surface area contributed by atoms with Gasteiger partial charge in [0.15, 0.2) is 0 Å². The van der Waals surface area contributed by atoms with E-state index in [1.54, 1.807) is 0 Å². The predicted molar refractivity (Wildman–Crippen MR) is 80.8 cm³/mol. The van der Waals surface area contributed by atoms with E-state index in [9.17, 15) is 4.79 Å². The Kier molecular flexibility index (Phi) is 6.31. The molecule has 19 heavy (non-hydrogen) atoms. The molecule has 3 heteroatoms. The molecule has 1 atom stereocenters. The Morgan fingerprint density at radius 2 is 1.79 bits per heavy atom. The van der Waals surface area contributed by atoms with Crippen molar-refractivity contribution in [1.82, 2.24) is 5.32 Å². The highest BCUT2D eigenvalue weighted by atomic mass is 16.1. The largest absolute Gasteiger partial charge is 0.355 e. The first-order valence-electron chi connectivity index (χ1n) is 7.87. The normalized spacial score (nSPS) is 19.9. The lowest BCUT2D eigenvalue weighted by Gasteiger charge is -2.31. The molecule has 0 heterocycles. The van der Waals surface area contributed by atoms with Crippen LogP contribution in [0.3, 0.4) is 0 Å². The van der Waals surface area contributed by atoms with Crippen molar-refractivity contribution in [1.29, 1.82) is 0 Å². The van der Waals surface area contributed by atoms with Gasteiger partial charge >= 0.3 is 0 Å². The SMILES string of the molecule is CC(C)CC1(CNC(=O)CC(N)C(C)C)CCCC1. The van der Waals surface area contributed by atoms with E-state index in [1.165, 1.54) is 32.1 Å². The summed E-state index contributed by atoms with van der Waals surface area (Å²) in [4.78, 5) is 12.0. The summed E-state index contributed by atoms with van der Waals surface area (Å²) < 4.78 is 0. The van der Waals surface area contributed by atoms with E-state index in [4.69, 9.17) is 5.73 Å². The van der Waals surface area contributed by atoms with Crippen molar-refractivity contribution in [3.8, 4) is 0 Å². The fourth-order valence-electron chi connectivity index (χ4n) is 3.25. The monoisotopic (exact) mass is 268 g/mol. The van der Waals surface area contributed by atoms with Crippen LogP contribution in [-0.2, 0) is 4.79 Å². The molecular formula is C16H32N2O. The van der Waals surface area contributed by atoms with E-state index < -0.39 is 0 Å². The van der Waals surface area contributed by atoms with E-state index in [-0.39, 0.29) is 11.9 Å². The molecule has 0 aliphatic heterocycles. The minimum Gasteiger partial charge on any atom is -0.355 e. The predicted octanol–water partition coefficient (Wildman–Crippen LogP) is 3.08. The lowest BCUT2D eigenvalue weighted by molar-refractivity contribution is -0.122. The van der Waals surface area contributed by atoms with Crippen molar-refractivity contribution >= 4 is 5.91 Å². The van der Waals surface area contributed by atoms with Gasteiger partial charge in [-0.3, -0.25) is 4.79 Å². The van der Waals surface area contributed by atoms with Crippen LogP contribution in [0.2, 0.25) is 0 Å². The van der Waals surface area contributed by atoms with Crippen molar-refractivity contribution in [2.24, 2.45) is 23.0 Å². The van der Waals surface area contributed by atoms with Crippen LogP contribution in [0.5, 0.6) is 0 Å². The number of hydrogen-bond donors (Lipinski definition) is 2. The Bertz CT molecular complexity index is 280. The van der Waals surface area contributed by atoms with Crippen LogP contribution in [-0.4, -0.2) is 18.5 Å². The molecule has 1 rings (SSSR count). The number of carbonyl (C=O) groups is 1. The zero-order valence-electron chi connectivity index (χ0n) is 13.2. The Morgan fingerprint density at radius 3 is 2.26 bits per heavy atom. The molecule has 0 bridgehead atoms. The van der Waals surface area contributed by atoms with Crippen LogP contribution in [0.1, 0.15) is 66.2 Å². The summed E-state index contributed by atoms with van der Waals surface area (Å²) in [6, 6.07) is -0.0235. The molecule has 0 saturated heterocycles. The molecule has 0 radical (unpaired) electrons. The first-order valence-corrected chi connectivity index (χ1v) is 7.87. The molecule has 1 amide bonds. The van der Waals surface area contributed by atoms with Crippen molar-refractivity contribution in [2.75, 3.05) is 6.54 Å². The lowest BCUT2D eigenvalue weighted by Crippen LogP contribution is -2.40. The van der Waals surface area contributed by atoms with Gasteiger partial charge in [0.2, 0.25) is 5.91 Å². The molecule has 112 valence electrons. The first-order chi connectivity index (χ1) is 8.84. The average molecular weight is 268 g/mol. The smallest absolute Gasteiger partial charge is 0.221 e. The van der Waals surface area contributed by atoms with E-state index in [2.05, 4.69) is 33.0 Å². The van der Waals surface area contributed by atoms with E-state index in [0.29, 0.717) is 23.7 Å². The second kappa shape index (κ2) is 7.28. The third-order valence-corrected chi connectivity index (χ3v) is 4.44. The Balaban J connectivity index is 2.42. The van der Waals surface area contributed by atoms with Gasteiger partial charge in [-0.25, -0.2) is 0 Å². The highest BCUT2D eigenvalue weighted by Crippen LogP contribution is 2.42. The Hall–Kier alpha value is -0.570. The van der Waals surface area contributed by atoms with Crippen LogP contribution in [0.25, 0.3) is 0 Å². The summed E-state index contributed by atoms with van der Waals surface area (Å²) in [6.07, 6.45) is 6.84. The number of nitrogens with one attached hydrogen (secondary N) is 1. The fraction of sp³-hybridized carbons (Fsp3) is 0.938. The van der Waals surface area contributed by atoms with Gasteiger partial charge in [-0.05, 0) is 36.5 Å². The molecule has 3 N–H and O–H groups in total. The summed E-state index contributed by atoms with van der Waals surface area (Å²) in [5, 5.41) is 3.14. The maximum Gasteiger partial charge on any atom is 0.221 e. The van der Waals surface area contributed by atoms with Crippen molar-refractivity contribution in [3.05, 3.63) is 0 Å². The number of amides is 1. The van der Waals surface area contributed by atoms with Gasteiger partial charge in [-0.15, -0.1) is 0 Å². The number of carbonyl (C=O) groups excluding carboxylic acids is 1. The minimum atomic E-state index is -0.0235. The Labute approximate surface area is 118 Å². The molecule has 1 saturated carbocycles. The van der Waals surface area contributed by atoms with Crippen LogP contribution >= 0.6 is 0 Å². The summed E-state index contributed by atoms with van der Waals surface area (Å²) in [5.74, 6) is 1.19. The molecule has 0 aromatic heterocycles. The first kappa shape index (κ1) is 16.5. The van der Waals surface area contributed by atoms with Gasteiger partial charge in [0.25, 0.3) is 0 Å². The van der Waals surface area contributed by atoms with E-state index in [1.807, 2.05) is 0 Å². The molecule has 1 fully saturated rings. The fourth-order valence-corrected chi connectivity index (χ4v) is 3.25. The quantitative estimate of drug-likeness (QED) is 0.745. The molecule has 1 aliphatic carbocycles. The van der Waals surface area contributed by atoms with Gasteiger partial charge in [0.1, 0.15) is 0 Å². The van der Waals surface area contributed by atoms with E-state index in [0.717, 1.165) is 6.54 Å². The summed E-state index contributed by atoms with van der Waals surface area (Å²) in [7, 11) is 0. The van der Waals surface area contributed by atoms with Gasteiger partial charge in [-0.2, -0.15) is 0 Å². The van der Waals surface area contributed by atoms with Crippen LogP contribution < -0.4 is 11.1 Å². The zero-order valence-corrected chi connectivity index (χ0v) is 13.2. The molecule has 3 nitrogen and oxygen atoms in total. The standard InChI is InChI=1S/C16H32N2O/c1-12(2)10-16(7-5-6-8-16)11-18-15(19)9-14(17)13(3)4/h12-14H,5-11,17H2,1-4H3,(H,18,19). The van der Waals surface area contributed by atoms with Crippen molar-refractivity contribution in [2.45, 2.75) is 72.3 Å². The zero-order chi connectivity index (χ0) is 14.5. The second-order valence-electron chi connectivity index (χ2n) is 7.19. The maximum absolute atomic E-state index is 12.0.